The fraction of sp³-hybridized carbons (Fsp3) is 0.231. The van der Waals surface area contributed by atoms with Gasteiger partial charge in [-0.15, -0.1) is 0 Å². The van der Waals surface area contributed by atoms with Crippen LogP contribution in [0.5, 0.6) is 0 Å². The average molecular weight is 550 g/mol. The molecule has 7 nitrogen and oxygen atoms in total. The minimum atomic E-state index is -0.719. The number of halogens is 1. The van der Waals surface area contributed by atoms with Crippen molar-refractivity contribution in [3.63, 3.8) is 0 Å². The van der Waals surface area contributed by atoms with Gasteiger partial charge >= 0.3 is 6.09 Å². The Labute approximate surface area is 216 Å². The zero-order chi connectivity index (χ0) is 25.3. The summed E-state index contributed by atoms with van der Waals surface area (Å²) in [6, 6.07) is 14.7. The Morgan fingerprint density at radius 2 is 1.77 bits per heavy atom. The van der Waals surface area contributed by atoms with E-state index in [4.69, 9.17) is 9.72 Å². The van der Waals surface area contributed by atoms with Crippen molar-refractivity contribution >= 4 is 56.5 Å². The van der Waals surface area contributed by atoms with Gasteiger partial charge in [-0.1, -0.05) is 27.7 Å². The van der Waals surface area contributed by atoms with Gasteiger partial charge in [-0.05, 0) is 88.2 Å². The average Bonchev–Trinajstić information content (AvgIpc) is 3.24. The number of aromatic amines is 1. The smallest absolute Gasteiger partial charge is 0.421 e. The number of aryl methyl sites for hydroxylation is 2. The number of fused-ring (bicyclic) bond motifs is 1. The number of carbonyl (C=O) groups excluding carboxylic acids is 1. The number of nitrogens with zero attached hydrogens (tertiary/aromatic N) is 4. The molecule has 0 saturated carbocycles. The van der Waals surface area contributed by atoms with Crippen molar-refractivity contribution < 1.29 is 9.53 Å². The third-order valence-corrected chi connectivity index (χ3v) is 6.81. The summed E-state index contributed by atoms with van der Waals surface area (Å²) in [5.41, 5.74) is 3.94. The van der Waals surface area contributed by atoms with Gasteiger partial charge < -0.3 is 9.72 Å². The maximum Gasteiger partial charge on any atom is 0.421 e. The van der Waals surface area contributed by atoms with Crippen molar-refractivity contribution in [1.29, 1.82) is 5.26 Å². The molecule has 0 radical (unpaired) electrons. The number of rotatable bonds is 4. The highest BCUT2D eigenvalue weighted by molar-refractivity contribution is 9.10. The van der Waals surface area contributed by atoms with Gasteiger partial charge in [0.25, 0.3) is 0 Å². The lowest BCUT2D eigenvalue weighted by molar-refractivity contribution is 0.0597. The number of nitriles is 1. The van der Waals surface area contributed by atoms with Crippen molar-refractivity contribution in [3.8, 4) is 6.07 Å². The van der Waals surface area contributed by atoms with E-state index >= 15 is 0 Å². The number of hydrogen-bond donors (Lipinski definition) is 1. The molecule has 0 aliphatic heterocycles. The summed E-state index contributed by atoms with van der Waals surface area (Å²) in [5.74, 6) is 0.186. The van der Waals surface area contributed by atoms with E-state index in [1.807, 2.05) is 6.07 Å². The summed E-state index contributed by atoms with van der Waals surface area (Å²) in [4.78, 5) is 28.5. The molecule has 4 aromatic rings. The molecule has 0 aliphatic rings. The van der Waals surface area contributed by atoms with E-state index in [1.165, 1.54) is 16.7 Å². The van der Waals surface area contributed by atoms with E-state index in [9.17, 15) is 10.1 Å². The molecule has 178 valence electrons. The molecule has 2 aromatic heterocycles. The van der Waals surface area contributed by atoms with Crippen LogP contribution < -0.4 is 4.90 Å². The highest BCUT2D eigenvalue weighted by atomic mass is 79.9. The molecular formula is C26H24BrN5O2S. The van der Waals surface area contributed by atoms with Gasteiger partial charge in [-0.2, -0.15) is 5.26 Å². The molecule has 2 aromatic carbocycles. The van der Waals surface area contributed by atoms with Crippen LogP contribution in [0.4, 0.5) is 16.4 Å². The van der Waals surface area contributed by atoms with Crippen LogP contribution in [0.2, 0.25) is 0 Å². The van der Waals surface area contributed by atoms with Crippen LogP contribution in [-0.2, 0) is 4.74 Å². The molecule has 0 atom stereocenters. The van der Waals surface area contributed by atoms with Crippen molar-refractivity contribution in [3.05, 3.63) is 69.8 Å². The first-order valence-corrected chi connectivity index (χ1v) is 12.5. The zero-order valence-electron chi connectivity index (χ0n) is 20.0. The van der Waals surface area contributed by atoms with E-state index in [-0.39, 0.29) is 5.95 Å². The van der Waals surface area contributed by atoms with Crippen molar-refractivity contribution in [2.24, 2.45) is 0 Å². The van der Waals surface area contributed by atoms with Crippen molar-refractivity contribution in [1.82, 2.24) is 15.0 Å². The van der Waals surface area contributed by atoms with Crippen molar-refractivity contribution in [2.75, 3.05) is 4.90 Å². The number of benzene rings is 2. The van der Waals surface area contributed by atoms with Gasteiger partial charge in [0.05, 0.1) is 28.4 Å². The standard InChI is InChI=1S/C26H24BrN5O2S/c1-15-12-18(27)13-16(2)22(15)35-23-21-20(10-11-29-21)30-24(31-23)32(25(33)34-26(3,4)5)19-8-6-17(14-28)7-9-19/h6-13,29H,1-5H3. The van der Waals surface area contributed by atoms with Crippen LogP contribution in [0.3, 0.4) is 0 Å². The molecular weight excluding hydrogens is 526 g/mol. The summed E-state index contributed by atoms with van der Waals surface area (Å²) >= 11 is 5.07. The molecule has 4 rings (SSSR count). The molecule has 1 amide bonds. The highest BCUT2D eigenvalue weighted by Gasteiger charge is 2.28. The highest BCUT2D eigenvalue weighted by Crippen LogP contribution is 2.38. The predicted molar refractivity (Wildman–Crippen MR) is 141 cm³/mol. The quantitative estimate of drug-likeness (QED) is 0.266. The molecule has 0 unspecified atom stereocenters. The molecule has 0 bridgehead atoms. The molecule has 0 saturated heterocycles. The Morgan fingerprint density at radius 1 is 1.11 bits per heavy atom. The lowest BCUT2D eigenvalue weighted by Gasteiger charge is -2.26. The minimum absolute atomic E-state index is 0.186. The minimum Gasteiger partial charge on any atom is -0.443 e. The SMILES string of the molecule is Cc1cc(Br)cc(C)c1Sc1nc(N(C(=O)OC(C)(C)C)c2ccc(C#N)cc2)nc2cc[nH]c12. The Balaban J connectivity index is 1.86. The van der Waals surface area contributed by atoms with Crippen LogP contribution >= 0.6 is 27.7 Å². The Bertz CT molecular complexity index is 1430. The Hall–Kier alpha value is -3.35. The Kier molecular flexibility index (Phi) is 6.88. The maximum atomic E-state index is 13.3. The van der Waals surface area contributed by atoms with E-state index in [2.05, 4.69) is 57.9 Å². The van der Waals surface area contributed by atoms with Crippen LogP contribution in [0.25, 0.3) is 11.0 Å². The second-order valence-corrected chi connectivity index (χ2v) is 10.9. The van der Waals surface area contributed by atoms with Gasteiger partial charge in [0.1, 0.15) is 10.6 Å². The zero-order valence-corrected chi connectivity index (χ0v) is 22.4. The monoisotopic (exact) mass is 549 g/mol. The number of amides is 1. The van der Waals surface area contributed by atoms with Gasteiger partial charge in [0.2, 0.25) is 5.95 Å². The summed E-state index contributed by atoms with van der Waals surface area (Å²) < 4.78 is 6.71. The van der Waals surface area contributed by atoms with Gasteiger partial charge in [-0.3, -0.25) is 0 Å². The third-order valence-electron chi connectivity index (χ3n) is 5.02. The maximum absolute atomic E-state index is 13.3. The molecule has 2 heterocycles. The molecule has 9 heteroatoms. The van der Waals surface area contributed by atoms with E-state index in [0.29, 0.717) is 21.8 Å². The first-order valence-electron chi connectivity index (χ1n) is 10.9. The number of hydrogen-bond acceptors (Lipinski definition) is 6. The number of aromatic nitrogens is 3. The van der Waals surface area contributed by atoms with Gasteiger partial charge in [0.15, 0.2) is 0 Å². The normalized spacial score (nSPS) is 11.3. The van der Waals surface area contributed by atoms with Crippen LogP contribution in [0, 0.1) is 25.2 Å². The fourth-order valence-corrected chi connectivity index (χ4v) is 5.24. The van der Waals surface area contributed by atoms with Crippen LogP contribution in [0.15, 0.2) is 63.1 Å². The van der Waals surface area contributed by atoms with Gasteiger partial charge in [0, 0.05) is 15.6 Å². The van der Waals surface area contributed by atoms with Crippen LogP contribution in [-0.4, -0.2) is 26.6 Å². The first kappa shape index (κ1) is 24.8. The predicted octanol–water partition coefficient (Wildman–Crippen LogP) is 7.43. The third kappa shape index (κ3) is 5.50. The summed E-state index contributed by atoms with van der Waals surface area (Å²) in [7, 11) is 0. The molecule has 35 heavy (non-hydrogen) atoms. The fourth-order valence-electron chi connectivity index (χ4n) is 3.53. The lowest BCUT2D eigenvalue weighted by atomic mass is 10.2. The largest absolute Gasteiger partial charge is 0.443 e. The van der Waals surface area contributed by atoms with E-state index in [1.54, 1.807) is 51.2 Å². The first-order chi connectivity index (χ1) is 16.6. The number of nitrogens with one attached hydrogen (secondary N) is 1. The number of carbonyl (C=O) groups is 1. The summed E-state index contributed by atoms with van der Waals surface area (Å²) in [6.07, 6.45) is 1.19. The number of ether oxygens (including phenoxy) is 1. The topological polar surface area (TPSA) is 94.9 Å². The van der Waals surface area contributed by atoms with Gasteiger partial charge in [-0.25, -0.2) is 19.7 Å². The molecule has 0 spiro atoms. The second-order valence-electron chi connectivity index (χ2n) is 9.01. The summed E-state index contributed by atoms with van der Waals surface area (Å²) in [5, 5.41) is 9.88. The van der Waals surface area contributed by atoms with Crippen molar-refractivity contribution in [2.45, 2.75) is 50.1 Å². The lowest BCUT2D eigenvalue weighted by Crippen LogP contribution is -2.34. The second kappa shape index (κ2) is 9.72. The number of anilines is 2. The molecule has 0 fully saturated rings. The number of H-pyrrole nitrogens is 1. The molecule has 1 N–H and O–H groups in total. The Morgan fingerprint density at radius 3 is 2.37 bits per heavy atom. The van der Waals surface area contributed by atoms with Crippen LogP contribution in [0.1, 0.15) is 37.5 Å². The van der Waals surface area contributed by atoms with E-state index in [0.717, 1.165) is 26.0 Å². The molecule has 0 aliphatic carbocycles. The summed E-state index contributed by atoms with van der Waals surface area (Å²) in [6.45, 7) is 9.52. The van der Waals surface area contributed by atoms with E-state index < -0.39 is 11.7 Å².